The second-order valence-corrected chi connectivity index (χ2v) is 4.01. The van der Waals surface area contributed by atoms with Gasteiger partial charge in [0.15, 0.2) is 0 Å². The lowest BCUT2D eigenvalue weighted by molar-refractivity contribution is 0.0952. The minimum Gasteiger partial charge on any atom is -0.352 e. The zero-order valence-electron chi connectivity index (χ0n) is 9.14. The summed E-state index contributed by atoms with van der Waals surface area (Å²) < 4.78 is 0. The molecule has 0 aliphatic rings. The Morgan fingerprint density at radius 3 is 2.87 bits per heavy atom. The van der Waals surface area contributed by atoms with Crippen LogP contribution in [0.5, 0.6) is 0 Å². The molecule has 3 heteroatoms. The molecular formula is C12H16ClNO. The maximum Gasteiger partial charge on any atom is 0.251 e. The zero-order chi connectivity index (χ0) is 11.3. The molecule has 0 unspecified atom stereocenters. The topological polar surface area (TPSA) is 29.1 Å². The van der Waals surface area contributed by atoms with E-state index in [9.17, 15) is 4.79 Å². The largest absolute Gasteiger partial charge is 0.352 e. The van der Waals surface area contributed by atoms with Crippen LogP contribution in [0.2, 0.25) is 5.02 Å². The van der Waals surface area contributed by atoms with Crippen molar-refractivity contribution in [3.8, 4) is 0 Å². The summed E-state index contributed by atoms with van der Waals surface area (Å²) in [7, 11) is 0. The summed E-state index contributed by atoms with van der Waals surface area (Å²) in [6, 6.07) is 5.36. The van der Waals surface area contributed by atoms with Crippen molar-refractivity contribution in [1.29, 1.82) is 0 Å². The summed E-state index contributed by atoms with van der Waals surface area (Å²) >= 11 is 5.84. The molecule has 0 saturated carbocycles. The van der Waals surface area contributed by atoms with Gasteiger partial charge in [-0.25, -0.2) is 0 Å². The van der Waals surface area contributed by atoms with Crippen LogP contribution in [-0.4, -0.2) is 12.5 Å². The number of carbonyl (C=O) groups is 1. The quantitative estimate of drug-likeness (QED) is 0.784. The van der Waals surface area contributed by atoms with Crippen LogP contribution in [0.25, 0.3) is 0 Å². The Bertz CT molecular complexity index is 349. The van der Waals surface area contributed by atoms with E-state index in [1.54, 1.807) is 12.1 Å². The number of rotatable bonds is 4. The van der Waals surface area contributed by atoms with E-state index in [1.807, 2.05) is 13.0 Å². The van der Waals surface area contributed by atoms with E-state index in [2.05, 4.69) is 12.2 Å². The number of carbonyl (C=O) groups excluding carboxylic acids is 1. The molecule has 1 N–H and O–H groups in total. The van der Waals surface area contributed by atoms with Gasteiger partial charge < -0.3 is 5.32 Å². The third kappa shape index (κ3) is 3.56. The van der Waals surface area contributed by atoms with Gasteiger partial charge in [-0.15, -0.1) is 0 Å². The maximum absolute atomic E-state index is 11.7. The van der Waals surface area contributed by atoms with E-state index >= 15 is 0 Å². The standard InChI is InChI=1S/C12H16ClNO/c1-3-4-7-14-12(15)11-8-10(13)6-5-9(11)2/h5-6,8H,3-4,7H2,1-2H3,(H,14,15). The normalized spacial score (nSPS) is 10.1. The molecule has 0 bridgehead atoms. The SMILES string of the molecule is CCCCNC(=O)c1cc(Cl)ccc1C. The van der Waals surface area contributed by atoms with Gasteiger partial charge in [0, 0.05) is 17.1 Å². The second-order valence-electron chi connectivity index (χ2n) is 3.57. The third-order valence-electron chi connectivity index (χ3n) is 2.26. The Morgan fingerprint density at radius 2 is 2.20 bits per heavy atom. The zero-order valence-corrected chi connectivity index (χ0v) is 9.90. The number of halogens is 1. The predicted octanol–water partition coefficient (Wildman–Crippen LogP) is 3.18. The Hall–Kier alpha value is -1.02. The first-order chi connectivity index (χ1) is 7.15. The molecule has 0 spiro atoms. The lowest BCUT2D eigenvalue weighted by Gasteiger charge is -2.07. The van der Waals surface area contributed by atoms with E-state index in [1.165, 1.54) is 0 Å². The van der Waals surface area contributed by atoms with Crippen molar-refractivity contribution in [3.05, 3.63) is 34.3 Å². The van der Waals surface area contributed by atoms with E-state index in [0.29, 0.717) is 10.6 Å². The summed E-state index contributed by atoms with van der Waals surface area (Å²) in [5.74, 6) is -0.0385. The van der Waals surface area contributed by atoms with Gasteiger partial charge in [0.05, 0.1) is 0 Å². The van der Waals surface area contributed by atoms with Crippen molar-refractivity contribution < 1.29 is 4.79 Å². The number of hydrogen-bond donors (Lipinski definition) is 1. The molecule has 0 saturated heterocycles. The Kier molecular flexibility index (Phi) is 4.63. The number of hydrogen-bond acceptors (Lipinski definition) is 1. The fourth-order valence-corrected chi connectivity index (χ4v) is 1.48. The lowest BCUT2D eigenvalue weighted by Crippen LogP contribution is -2.25. The summed E-state index contributed by atoms with van der Waals surface area (Å²) in [6.07, 6.45) is 2.08. The maximum atomic E-state index is 11.7. The molecular weight excluding hydrogens is 210 g/mol. The first-order valence-electron chi connectivity index (χ1n) is 5.19. The summed E-state index contributed by atoms with van der Waals surface area (Å²) in [5, 5.41) is 3.47. The highest BCUT2D eigenvalue weighted by Crippen LogP contribution is 2.15. The molecule has 1 aromatic rings. The highest BCUT2D eigenvalue weighted by atomic mass is 35.5. The van der Waals surface area contributed by atoms with Gasteiger partial charge in [0.25, 0.3) is 5.91 Å². The van der Waals surface area contributed by atoms with Crippen LogP contribution in [0.4, 0.5) is 0 Å². The lowest BCUT2D eigenvalue weighted by atomic mass is 10.1. The van der Waals surface area contributed by atoms with Crippen molar-refractivity contribution in [3.63, 3.8) is 0 Å². The third-order valence-corrected chi connectivity index (χ3v) is 2.50. The molecule has 1 aromatic carbocycles. The molecule has 0 aromatic heterocycles. The fourth-order valence-electron chi connectivity index (χ4n) is 1.31. The predicted molar refractivity (Wildman–Crippen MR) is 63.4 cm³/mol. The average molecular weight is 226 g/mol. The number of unbranched alkanes of at least 4 members (excludes halogenated alkanes) is 1. The Labute approximate surface area is 95.6 Å². The van der Waals surface area contributed by atoms with Crippen LogP contribution in [-0.2, 0) is 0 Å². The van der Waals surface area contributed by atoms with Crippen LogP contribution >= 0.6 is 11.6 Å². The Balaban J connectivity index is 2.68. The van der Waals surface area contributed by atoms with Gasteiger partial charge in [-0.3, -0.25) is 4.79 Å². The van der Waals surface area contributed by atoms with Crippen LogP contribution in [0.15, 0.2) is 18.2 Å². The summed E-state index contributed by atoms with van der Waals surface area (Å²) in [5.41, 5.74) is 1.62. The van der Waals surface area contributed by atoms with Gasteiger partial charge in [-0.05, 0) is 31.0 Å². The molecule has 15 heavy (non-hydrogen) atoms. The highest BCUT2D eigenvalue weighted by Gasteiger charge is 2.08. The summed E-state index contributed by atoms with van der Waals surface area (Å²) in [4.78, 5) is 11.7. The minimum absolute atomic E-state index is 0.0385. The van der Waals surface area contributed by atoms with Gasteiger partial charge >= 0.3 is 0 Å². The van der Waals surface area contributed by atoms with Crippen molar-refractivity contribution in [2.24, 2.45) is 0 Å². The molecule has 0 heterocycles. The number of amides is 1. The Morgan fingerprint density at radius 1 is 1.47 bits per heavy atom. The number of aryl methyl sites for hydroxylation is 1. The van der Waals surface area contributed by atoms with E-state index in [0.717, 1.165) is 24.9 Å². The molecule has 1 amide bonds. The highest BCUT2D eigenvalue weighted by molar-refractivity contribution is 6.31. The van der Waals surface area contributed by atoms with Gasteiger partial charge in [0.1, 0.15) is 0 Å². The number of nitrogens with one attached hydrogen (secondary N) is 1. The first kappa shape index (κ1) is 12.1. The van der Waals surface area contributed by atoms with Crippen molar-refractivity contribution in [1.82, 2.24) is 5.32 Å². The van der Waals surface area contributed by atoms with Crippen LogP contribution in [0, 0.1) is 6.92 Å². The molecule has 0 aliphatic carbocycles. The monoisotopic (exact) mass is 225 g/mol. The smallest absolute Gasteiger partial charge is 0.251 e. The van der Waals surface area contributed by atoms with Crippen molar-refractivity contribution >= 4 is 17.5 Å². The van der Waals surface area contributed by atoms with Gasteiger partial charge in [0.2, 0.25) is 0 Å². The second kappa shape index (κ2) is 5.76. The molecule has 0 atom stereocenters. The molecule has 82 valence electrons. The molecule has 1 rings (SSSR count). The fraction of sp³-hybridized carbons (Fsp3) is 0.417. The van der Waals surface area contributed by atoms with E-state index in [4.69, 9.17) is 11.6 Å². The van der Waals surface area contributed by atoms with Crippen LogP contribution < -0.4 is 5.32 Å². The minimum atomic E-state index is -0.0385. The van der Waals surface area contributed by atoms with E-state index < -0.39 is 0 Å². The molecule has 0 radical (unpaired) electrons. The van der Waals surface area contributed by atoms with Crippen LogP contribution in [0.3, 0.4) is 0 Å². The van der Waals surface area contributed by atoms with Crippen molar-refractivity contribution in [2.75, 3.05) is 6.54 Å². The van der Waals surface area contributed by atoms with Gasteiger partial charge in [-0.1, -0.05) is 31.0 Å². The van der Waals surface area contributed by atoms with Crippen LogP contribution in [0.1, 0.15) is 35.7 Å². The van der Waals surface area contributed by atoms with Crippen molar-refractivity contribution in [2.45, 2.75) is 26.7 Å². The molecule has 0 aliphatic heterocycles. The molecule has 2 nitrogen and oxygen atoms in total. The number of benzene rings is 1. The summed E-state index contributed by atoms with van der Waals surface area (Å²) in [6.45, 7) is 4.73. The van der Waals surface area contributed by atoms with Gasteiger partial charge in [-0.2, -0.15) is 0 Å². The first-order valence-corrected chi connectivity index (χ1v) is 5.57. The van der Waals surface area contributed by atoms with E-state index in [-0.39, 0.29) is 5.91 Å². The molecule has 0 fully saturated rings. The average Bonchev–Trinajstić information content (AvgIpc) is 2.22.